The predicted molar refractivity (Wildman–Crippen MR) is 106 cm³/mol. The number of para-hydroxylation sites is 1. The van der Waals surface area contributed by atoms with E-state index < -0.39 is 0 Å². The summed E-state index contributed by atoms with van der Waals surface area (Å²) in [6, 6.07) is 18.2. The Labute approximate surface area is 159 Å². The topological polar surface area (TPSA) is 27.7 Å². The third-order valence-corrected chi connectivity index (χ3v) is 5.09. The molecule has 0 aromatic heterocycles. The first-order valence-electron chi connectivity index (χ1n) is 8.76. The van der Waals surface area contributed by atoms with E-state index in [9.17, 15) is 0 Å². The number of fused-ring (bicyclic) bond motifs is 1. The Balaban J connectivity index is 1.51. The Morgan fingerprint density at radius 3 is 2.62 bits per heavy atom. The van der Waals surface area contributed by atoms with E-state index in [0.717, 1.165) is 29.5 Å². The van der Waals surface area contributed by atoms with Crippen molar-refractivity contribution in [1.82, 2.24) is 10.3 Å². The van der Waals surface area contributed by atoms with Crippen LogP contribution in [0.15, 0.2) is 77.6 Å². The summed E-state index contributed by atoms with van der Waals surface area (Å²) in [5.74, 6) is 0. The zero-order valence-corrected chi connectivity index (χ0v) is 15.5. The first-order valence-corrected chi connectivity index (χ1v) is 9.14. The van der Waals surface area contributed by atoms with Gasteiger partial charge in [-0.2, -0.15) is 0 Å². The van der Waals surface area contributed by atoms with Gasteiger partial charge < -0.3 is 9.64 Å². The van der Waals surface area contributed by atoms with Crippen LogP contribution in [0.25, 0.3) is 0 Å². The van der Waals surface area contributed by atoms with Crippen LogP contribution < -0.4 is 10.4 Å². The second-order valence-corrected chi connectivity index (χ2v) is 6.96. The second kappa shape index (κ2) is 7.44. The fourth-order valence-electron chi connectivity index (χ4n) is 3.33. The maximum Gasteiger partial charge on any atom is 0.0873 e. The lowest BCUT2D eigenvalue weighted by Gasteiger charge is -2.27. The van der Waals surface area contributed by atoms with E-state index in [2.05, 4.69) is 40.6 Å². The van der Waals surface area contributed by atoms with Gasteiger partial charge in [0.05, 0.1) is 36.2 Å². The van der Waals surface area contributed by atoms with Crippen LogP contribution in [-0.2, 0) is 11.3 Å². The fourth-order valence-corrected chi connectivity index (χ4v) is 3.57. The summed E-state index contributed by atoms with van der Waals surface area (Å²) < 4.78 is 6.00. The van der Waals surface area contributed by atoms with Gasteiger partial charge in [0.15, 0.2) is 0 Å². The molecule has 134 valence electrons. The van der Waals surface area contributed by atoms with Crippen LogP contribution in [-0.4, -0.2) is 31.6 Å². The van der Waals surface area contributed by atoms with Gasteiger partial charge >= 0.3 is 0 Å². The van der Waals surface area contributed by atoms with E-state index in [0.29, 0.717) is 13.2 Å². The number of benzene rings is 2. The number of hydrogen-bond donors (Lipinski definition) is 1. The highest BCUT2D eigenvalue weighted by molar-refractivity contribution is 6.33. The number of rotatable bonds is 5. The number of anilines is 1. The Hall–Kier alpha value is -2.43. The number of hydrogen-bond acceptors (Lipinski definition) is 4. The van der Waals surface area contributed by atoms with E-state index in [1.807, 2.05) is 42.5 Å². The molecule has 0 aliphatic carbocycles. The third kappa shape index (κ3) is 3.43. The van der Waals surface area contributed by atoms with Gasteiger partial charge in [0.1, 0.15) is 0 Å². The summed E-state index contributed by atoms with van der Waals surface area (Å²) in [4.78, 5) is 2.25. The lowest BCUT2D eigenvalue weighted by Crippen LogP contribution is -2.30. The molecule has 4 rings (SSSR count). The summed E-state index contributed by atoms with van der Waals surface area (Å²) in [5, 5.41) is 2.84. The van der Waals surface area contributed by atoms with Gasteiger partial charge in [0, 0.05) is 24.9 Å². The molecule has 2 heterocycles. The van der Waals surface area contributed by atoms with E-state index >= 15 is 0 Å². The molecule has 2 aliphatic heterocycles. The molecule has 2 aromatic rings. The van der Waals surface area contributed by atoms with Crippen molar-refractivity contribution in [2.75, 3.05) is 31.8 Å². The second-order valence-electron chi connectivity index (χ2n) is 6.55. The fraction of sp³-hybridized carbons (Fsp3) is 0.238. The van der Waals surface area contributed by atoms with Gasteiger partial charge in [0.25, 0.3) is 0 Å². The molecule has 0 saturated carbocycles. The molecule has 0 atom stereocenters. The quantitative estimate of drug-likeness (QED) is 0.865. The zero-order chi connectivity index (χ0) is 17.9. The highest BCUT2D eigenvalue weighted by Crippen LogP contribution is 2.32. The molecule has 26 heavy (non-hydrogen) atoms. The molecule has 1 saturated heterocycles. The average molecular weight is 368 g/mol. The van der Waals surface area contributed by atoms with Gasteiger partial charge in [-0.05, 0) is 23.8 Å². The van der Waals surface area contributed by atoms with E-state index in [4.69, 9.17) is 16.3 Å². The monoisotopic (exact) mass is 367 g/mol. The summed E-state index contributed by atoms with van der Waals surface area (Å²) >= 11 is 6.37. The maximum absolute atomic E-state index is 6.37. The molecule has 5 heteroatoms. The van der Waals surface area contributed by atoms with Gasteiger partial charge in [-0.1, -0.05) is 54.1 Å². The minimum absolute atomic E-state index is 0.593. The van der Waals surface area contributed by atoms with E-state index in [-0.39, 0.29) is 0 Å². The molecular weight excluding hydrogens is 346 g/mol. The highest BCUT2D eigenvalue weighted by atomic mass is 35.5. The summed E-state index contributed by atoms with van der Waals surface area (Å²) in [5.41, 5.74) is 9.30. The first-order chi connectivity index (χ1) is 12.7. The normalized spacial score (nSPS) is 16.5. The Morgan fingerprint density at radius 2 is 1.81 bits per heavy atom. The zero-order valence-electron chi connectivity index (χ0n) is 14.8. The van der Waals surface area contributed by atoms with Crippen molar-refractivity contribution < 1.29 is 4.74 Å². The molecule has 2 aromatic carbocycles. The smallest absolute Gasteiger partial charge is 0.0873 e. The van der Waals surface area contributed by atoms with Crippen LogP contribution in [0, 0.1) is 0 Å². The highest BCUT2D eigenvalue weighted by Gasteiger charge is 2.29. The lowest BCUT2D eigenvalue weighted by atomic mass is 10.1. The Morgan fingerprint density at radius 1 is 1.04 bits per heavy atom. The minimum Gasteiger partial charge on any atom is -0.372 e. The van der Waals surface area contributed by atoms with Gasteiger partial charge in [-0.3, -0.25) is 10.4 Å². The summed E-state index contributed by atoms with van der Waals surface area (Å²) in [7, 11) is 2.11. The maximum atomic E-state index is 6.37. The molecule has 1 N–H and O–H groups in total. The van der Waals surface area contributed by atoms with Crippen molar-refractivity contribution in [3.05, 3.63) is 88.2 Å². The van der Waals surface area contributed by atoms with Crippen LogP contribution in [0.4, 0.5) is 5.69 Å². The average Bonchev–Trinajstić information content (AvgIpc) is 3.09. The molecule has 0 spiro atoms. The third-order valence-electron chi connectivity index (χ3n) is 4.77. The van der Waals surface area contributed by atoms with Crippen LogP contribution in [0.3, 0.4) is 0 Å². The molecule has 4 nitrogen and oxygen atoms in total. The van der Waals surface area contributed by atoms with Crippen molar-refractivity contribution >= 4 is 17.3 Å². The number of hydrazine groups is 1. The van der Waals surface area contributed by atoms with Crippen molar-refractivity contribution in [3.63, 3.8) is 0 Å². The van der Waals surface area contributed by atoms with Crippen molar-refractivity contribution in [3.8, 4) is 0 Å². The number of nitrogens with zero attached hydrogens (tertiary/aromatic N) is 2. The number of likely N-dealkylation sites (N-methyl/N-ethyl adjacent to an activating group) is 1. The van der Waals surface area contributed by atoms with E-state index in [1.54, 1.807) is 0 Å². The van der Waals surface area contributed by atoms with Crippen molar-refractivity contribution in [2.24, 2.45) is 0 Å². The van der Waals surface area contributed by atoms with Crippen molar-refractivity contribution in [2.45, 2.75) is 6.61 Å². The molecule has 0 unspecified atom stereocenters. The van der Waals surface area contributed by atoms with Gasteiger partial charge in [-0.15, -0.1) is 0 Å². The van der Waals surface area contributed by atoms with Crippen molar-refractivity contribution in [1.29, 1.82) is 0 Å². The van der Waals surface area contributed by atoms with Gasteiger partial charge in [0.2, 0.25) is 0 Å². The number of nitrogens with one attached hydrogen (secondary N) is 1. The number of halogens is 1. The molecule has 0 radical (unpaired) electrons. The van der Waals surface area contributed by atoms with Crippen LogP contribution >= 0.6 is 11.6 Å². The van der Waals surface area contributed by atoms with Crippen LogP contribution in [0.5, 0.6) is 0 Å². The molecule has 2 aliphatic rings. The molecule has 0 bridgehead atoms. The van der Waals surface area contributed by atoms with E-state index in [1.165, 1.54) is 16.8 Å². The Bertz CT molecular complexity index is 847. The Kier molecular flexibility index (Phi) is 4.87. The molecular formula is C21H22ClN3O. The molecule has 1 fully saturated rings. The largest absolute Gasteiger partial charge is 0.372 e. The van der Waals surface area contributed by atoms with Crippen LogP contribution in [0.2, 0.25) is 5.02 Å². The van der Waals surface area contributed by atoms with Crippen LogP contribution in [0.1, 0.15) is 5.56 Å². The number of ether oxygens (including phenoxy) is 1. The minimum atomic E-state index is 0.593. The SMILES string of the molecule is CN1CC=C2NN(c3ccccc3Cl)CC2=C1COCc1ccccc1. The summed E-state index contributed by atoms with van der Waals surface area (Å²) in [6.07, 6.45) is 2.22. The summed E-state index contributed by atoms with van der Waals surface area (Å²) in [6.45, 7) is 2.85. The predicted octanol–water partition coefficient (Wildman–Crippen LogP) is 3.96. The molecule has 0 amide bonds. The first kappa shape index (κ1) is 17.0. The van der Waals surface area contributed by atoms with Gasteiger partial charge in [-0.25, -0.2) is 0 Å². The standard InChI is InChI=1S/C21H22ClN3O/c1-24-12-11-19-17(13-25(23-19)20-10-6-5-9-18(20)22)21(24)15-26-14-16-7-3-2-4-8-16/h2-11,23H,12-15H2,1H3. The lowest BCUT2D eigenvalue weighted by molar-refractivity contribution is 0.125.